The number of hydrogen-bond donors (Lipinski definition) is 1. The van der Waals surface area contributed by atoms with E-state index in [1.54, 1.807) is 31.2 Å². The van der Waals surface area contributed by atoms with Crippen molar-refractivity contribution in [3.8, 4) is 0 Å². The number of amides is 2. The lowest BCUT2D eigenvalue weighted by Crippen LogP contribution is -2.69. The Balaban J connectivity index is 1.81. The van der Waals surface area contributed by atoms with E-state index in [1.165, 1.54) is 4.90 Å². The third-order valence-electron chi connectivity index (χ3n) is 5.48. The molecule has 1 aliphatic rings. The Morgan fingerprint density at radius 1 is 1.10 bits per heavy atom. The van der Waals surface area contributed by atoms with Crippen molar-refractivity contribution in [2.75, 3.05) is 25.9 Å². The first-order valence-electron chi connectivity index (χ1n) is 9.92. The van der Waals surface area contributed by atoms with E-state index < -0.39 is 27.4 Å². The van der Waals surface area contributed by atoms with Gasteiger partial charge in [-0.3, -0.25) is 9.59 Å². The molecule has 1 fully saturated rings. The molecule has 1 aliphatic heterocycles. The van der Waals surface area contributed by atoms with Gasteiger partial charge in [0.1, 0.15) is 5.54 Å². The first-order chi connectivity index (χ1) is 14.6. The summed E-state index contributed by atoms with van der Waals surface area (Å²) in [6.45, 7) is 1.80. The Bertz CT molecular complexity index is 1040. The van der Waals surface area contributed by atoms with E-state index in [0.29, 0.717) is 18.0 Å². The predicted molar refractivity (Wildman–Crippen MR) is 120 cm³/mol. The third kappa shape index (κ3) is 5.64. The topological polar surface area (TPSA) is 86.8 Å². The fraction of sp³-hybridized carbons (Fsp3) is 0.364. The minimum absolute atomic E-state index is 0.0984. The number of sulfonamides is 1. The predicted octanol–water partition coefficient (Wildman–Crippen LogP) is 2.06. The highest BCUT2D eigenvalue weighted by atomic mass is 35.5. The third-order valence-corrected chi connectivity index (χ3v) is 6.93. The van der Waals surface area contributed by atoms with E-state index in [4.69, 9.17) is 11.6 Å². The highest BCUT2D eigenvalue weighted by Crippen LogP contribution is 2.25. The van der Waals surface area contributed by atoms with Gasteiger partial charge in [0.05, 0.1) is 12.8 Å². The van der Waals surface area contributed by atoms with Gasteiger partial charge in [-0.05, 0) is 36.6 Å². The Morgan fingerprint density at radius 3 is 2.35 bits per heavy atom. The molecule has 0 bridgehead atoms. The van der Waals surface area contributed by atoms with Crippen LogP contribution in [-0.2, 0) is 32.6 Å². The molecule has 9 heteroatoms. The smallest absolute Gasteiger partial charge is 0.247 e. The Hall–Kier alpha value is -2.42. The van der Waals surface area contributed by atoms with Crippen LogP contribution in [0.5, 0.6) is 0 Å². The highest BCUT2D eigenvalue weighted by molar-refractivity contribution is 7.88. The van der Waals surface area contributed by atoms with Gasteiger partial charge in [-0.1, -0.05) is 54.1 Å². The summed E-state index contributed by atoms with van der Waals surface area (Å²) in [5.41, 5.74) is 0.545. The van der Waals surface area contributed by atoms with Gasteiger partial charge < -0.3 is 10.2 Å². The van der Waals surface area contributed by atoms with Crippen LogP contribution in [0.3, 0.4) is 0 Å². The normalized spacial score (nSPS) is 20.0. The van der Waals surface area contributed by atoms with Crippen molar-refractivity contribution in [2.45, 2.75) is 25.4 Å². The van der Waals surface area contributed by atoms with Crippen LogP contribution in [0.4, 0.5) is 0 Å². The largest absolute Gasteiger partial charge is 0.350 e. The molecule has 31 heavy (non-hydrogen) atoms. The molecule has 166 valence electrons. The van der Waals surface area contributed by atoms with E-state index in [-0.39, 0.29) is 19.6 Å². The van der Waals surface area contributed by atoms with Crippen molar-refractivity contribution < 1.29 is 18.0 Å². The average Bonchev–Trinajstić information content (AvgIpc) is 2.72. The summed E-state index contributed by atoms with van der Waals surface area (Å²) in [5, 5.41) is 3.45. The second-order valence-electron chi connectivity index (χ2n) is 7.90. The van der Waals surface area contributed by atoms with Gasteiger partial charge in [0.25, 0.3) is 0 Å². The zero-order valence-electron chi connectivity index (χ0n) is 17.5. The van der Waals surface area contributed by atoms with Crippen LogP contribution >= 0.6 is 11.6 Å². The minimum atomic E-state index is -3.63. The fourth-order valence-electron chi connectivity index (χ4n) is 3.66. The molecule has 0 aliphatic carbocycles. The van der Waals surface area contributed by atoms with E-state index >= 15 is 0 Å². The zero-order chi connectivity index (χ0) is 22.6. The lowest BCUT2D eigenvalue weighted by atomic mass is 9.94. The maximum atomic E-state index is 13.2. The molecule has 2 aromatic rings. The summed E-state index contributed by atoms with van der Waals surface area (Å²) in [5.74, 6) is -0.797. The standard InChI is InChI=1S/C22H26ClN3O4S/c1-22(21(28)24-14-18-8-10-19(23)11-9-18)16-25(31(2,29)30)15-20(27)26(22)13-12-17-6-4-3-5-7-17/h3-11H,12-16H2,1-2H3,(H,24,28). The van der Waals surface area contributed by atoms with Crippen LogP contribution in [0.25, 0.3) is 0 Å². The van der Waals surface area contributed by atoms with Crippen LogP contribution in [0.1, 0.15) is 18.1 Å². The molecule has 2 amide bonds. The van der Waals surface area contributed by atoms with Crippen LogP contribution < -0.4 is 5.32 Å². The van der Waals surface area contributed by atoms with Crippen molar-refractivity contribution >= 4 is 33.4 Å². The van der Waals surface area contributed by atoms with Crippen LogP contribution in [0.15, 0.2) is 54.6 Å². The maximum absolute atomic E-state index is 13.2. The molecule has 0 aromatic heterocycles. The van der Waals surface area contributed by atoms with Crippen LogP contribution in [0.2, 0.25) is 5.02 Å². The SMILES string of the molecule is CC1(C(=O)NCc2ccc(Cl)cc2)CN(S(C)(=O)=O)CC(=O)N1CCc1ccccc1. The van der Waals surface area contributed by atoms with Gasteiger partial charge in [-0.15, -0.1) is 0 Å². The number of nitrogens with one attached hydrogen (secondary N) is 1. The Morgan fingerprint density at radius 2 is 1.74 bits per heavy atom. The molecule has 0 saturated carbocycles. The van der Waals surface area contributed by atoms with E-state index in [1.807, 2.05) is 30.3 Å². The molecular formula is C22H26ClN3O4S. The second-order valence-corrected chi connectivity index (χ2v) is 10.3. The number of rotatable bonds is 7. The van der Waals surface area contributed by atoms with Crippen LogP contribution in [0, 0.1) is 0 Å². The first kappa shape index (κ1) is 23.2. The van der Waals surface area contributed by atoms with Gasteiger partial charge in [0.15, 0.2) is 0 Å². The van der Waals surface area contributed by atoms with Crippen molar-refractivity contribution in [3.63, 3.8) is 0 Å². The van der Waals surface area contributed by atoms with Gasteiger partial charge in [-0.2, -0.15) is 4.31 Å². The summed E-state index contributed by atoms with van der Waals surface area (Å²) in [7, 11) is -3.63. The van der Waals surface area contributed by atoms with Gasteiger partial charge in [0.2, 0.25) is 21.8 Å². The van der Waals surface area contributed by atoms with Gasteiger partial charge in [-0.25, -0.2) is 8.42 Å². The summed E-state index contributed by atoms with van der Waals surface area (Å²) in [6.07, 6.45) is 1.61. The number of nitrogens with zero attached hydrogens (tertiary/aromatic N) is 2. The molecule has 1 unspecified atom stereocenters. The monoisotopic (exact) mass is 463 g/mol. The Labute approximate surface area is 188 Å². The summed E-state index contributed by atoms with van der Waals surface area (Å²) >= 11 is 5.90. The van der Waals surface area contributed by atoms with Crippen molar-refractivity contribution in [1.29, 1.82) is 0 Å². The molecule has 2 aromatic carbocycles. The molecule has 1 N–H and O–H groups in total. The maximum Gasteiger partial charge on any atom is 0.247 e. The Kier molecular flexibility index (Phi) is 7.03. The quantitative estimate of drug-likeness (QED) is 0.681. The number of piperazine rings is 1. The van der Waals surface area contributed by atoms with E-state index in [9.17, 15) is 18.0 Å². The molecular weight excluding hydrogens is 438 g/mol. The summed E-state index contributed by atoms with van der Waals surface area (Å²) in [6, 6.07) is 16.7. The van der Waals surface area contributed by atoms with Crippen molar-refractivity contribution in [3.05, 3.63) is 70.7 Å². The van der Waals surface area contributed by atoms with Crippen molar-refractivity contribution in [1.82, 2.24) is 14.5 Å². The number of carbonyl (C=O) groups excluding carboxylic acids is 2. The number of benzene rings is 2. The second kappa shape index (κ2) is 9.38. The molecule has 0 spiro atoms. The fourth-order valence-corrected chi connectivity index (χ4v) is 4.61. The molecule has 1 atom stereocenters. The van der Waals surface area contributed by atoms with Crippen molar-refractivity contribution in [2.24, 2.45) is 0 Å². The summed E-state index contributed by atoms with van der Waals surface area (Å²) in [4.78, 5) is 27.7. The number of hydrogen-bond acceptors (Lipinski definition) is 4. The number of carbonyl (C=O) groups is 2. The van der Waals surface area contributed by atoms with Crippen LogP contribution in [-0.4, -0.2) is 60.9 Å². The van der Waals surface area contributed by atoms with E-state index in [0.717, 1.165) is 21.7 Å². The zero-order valence-corrected chi connectivity index (χ0v) is 19.1. The molecule has 7 nitrogen and oxygen atoms in total. The lowest BCUT2D eigenvalue weighted by Gasteiger charge is -2.46. The molecule has 1 saturated heterocycles. The number of halogens is 1. The van der Waals surface area contributed by atoms with E-state index in [2.05, 4.69) is 5.32 Å². The van der Waals surface area contributed by atoms with Gasteiger partial charge >= 0.3 is 0 Å². The molecule has 1 heterocycles. The molecule has 3 rings (SSSR count). The average molecular weight is 464 g/mol. The first-order valence-corrected chi connectivity index (χ1v) is 12.1. The highest BCUT2D eigenvalue weighted by Gasteiger charge is 2.49. The summed E-state index contributed by atoms with van der Waals surface area (Å²) < 4.78 is 25.4. The lowest BCUT2D eigenvalue weighted by molar-refractivity contribution is -0.152. The minimum Gasteiger partial charge on any atom is -0.350 e. The van der Waals surface area contributed by atoms with Gasteiger partial charge in [0, 0.05) is 24.7 Å². The molecule has 0 radical (unpaired) electrons.